The molecule has 0 bridgehead atoms. The van der Waals surface area contributed by atoms with Crippen molar-refractivity contribution in [3.05, 3.63) is 125 Å². The molecule has 5 heteroatoms. The number of fused-ring (bicyclic) bond motifs is 2. The van der Waals surface area contributed by atoms with Crippen molar-refractivity contribution in [3.63, 3.8) is 0 Å². The van der Waals surface area contributed by atoms with Gasteiger partial charge in [-0.3, -0.25) is 9.78 Å². The summed E-state index contributed by atoms with van der Waals surface area (Å²) in [6.07, 6.45) is 6.78. The van der Waals surface area contributed by atoms with Crippen molar-refractivity contribution in [2.24, 2.45) is 11.8 Å². The molecule has 59 heavy (non-hydrogen) atoms. The molecule has 0 aliphatic rings. The molecule has 0 fully saturated rings. The van der Waals surface area contributed by atoms with Gasteiger partial charge in [0.15, 0.2) is 5.78 Å². The summed E-state index contributed by atoms with van der Waals surface area (Å²) in [7, 11) is 0. The van der Waals surface area contributed by atoms with Crippen LogP contribution >= 0.6 is 0 Å². The summed E-state index contributed by atoms with van der Waals surface area (Å²) in [6, 6.07) is 32.3. The minimum Gasteiger partial charge on any atom is -0.512 e. The van der Waals surface area contributed by atoms with Crippen molar-refractivity contribution >= 4 is 27.5 Å². The van der Waals surface area contributed by atoms with Gasteiger partial charge in [0.1, 0.15) is 11.3 Å². The van der Waals surface area contributed by atoms with Gasteiger partial charge in [-0.25, -0.2) is 0 Å². The predicted molar refractivity (Wildman–Crippen MR) is 247 cm³/mol. The first-order valence-electron chi connectivity index (χ1n) is 21.8. The fourth-order valence-electron chi connectivity index (χ4n) is 8.03. The minimum atomic E-state index is 0. The molecular formula is C54H66IrNO3-. The van der Waals surface area contributed by atoms with Crippen LogP contribution in [0.1, 0.15) is 155 Å². The van der Waals surface area contributed by atoms with Crippen molar-refractivity contribution in [1.82, 2.24) is 4.98 Å². The van der Waals surface area contributed by atoms with Gasteiger partial charge in [0, 0.05) is 60.9 Å². The third-order valence-corrected chi connectivity index (χ3v) is 11.8. The van der Waals surface area contributed by atoms with E-state index in [0.29, 0.717) is 23.7 Å². The molecule has 4 aromatic carbocycles. The van der Waals surface area contributed by atoms with E-state index in [9.17, 15) is 9.90 Å². The first kappa shape index (κ1) is 47.4. The van der Waals surface area contributed by atoms with E-state index in [0.717, 1.165) is 64.6 Å². The monoisotopic (exact) mass is 969 g/mol. The second-order valence-electron chi connectivity index (χ2n) is 17.1. The number of furan rings is 1. The average molecular weight is 969 g/mol. The van der Waals surface area contributed by atoms with Gasteiger partial charge in [0.05, 0.1) is 5.76 Å². The van der Waals surface area contributed by atoms with Crippen LogP contribution in [0, 0.1) is 17.9 Å². The van der Waals surface area contributed by atoms with Crippen molar-refractivity contribution < 1.29 is 34.4 Å². The van der Waals surface area contributed by atoms with Crippen LogP contribution in [-0.2, 0) is 24.9 Å². The topological polar surface area (TPSA) is 63.3 Å². The summed E-state index contributed by atoms with van der Waals surface area (Å²) >= 11 is 0. The number of nitrogens with zero attached hydrogens (tertiary/aromatic N) is 1. The maximum absolute atomic E-state index is 11.7. The number of hydrogen-bond acceptors (Lipinski definition) is 4. The van der Waals surface area contributed by atoms with Gasteiger partial charge in [-0.05, 0) is 89.3 Å². The molecule has 2 heterocycles. The zero-order chi connectivity index (χ0) is 42.3. The van der Waals surface area contributed by atoms with Crippen LogP contribution in [0.25, 0.3) is 55.4 Å². The average Bonchev–Trinajstić information content (AvgIpc) is 3.66. The van der Waals surface area contributed by atoms with E-state index >= 15 is 0 Å². The fourth-order valence-corrected chi connectivity index (χ4v) is 8.03. The van der Waals surface area contributed by atoms with Crippen LogP contribution in [0.3, 0.4) is 0 Å². The van der Waals surface area contributed by atoms with Gasteiger partial charge in [0.25, 0.3) is 0 Å². The molecule has 0 atom stereocenters. The number of aliphatic hydroxyl groups excluding tert-OH is 1. The maximum atomic E-state index is 11.7. The van der Waals surface area contributed by atoms with Crippen molar-refractivity contribution in [2.75, 3.05) is 0 Å². The zero-order valence-corrected chi connectivity index (χ0v) is 39.9. The van der Waals surface area contributed by atoms with Gasteiger partial charge >= 0.3 is 0 Å². The number of carbonyl (C=O) groups is 1. The molecule has 0 amide bonds. The first-order chi connectivity index (χ1) is 27.7. The van der Waals surface area contributed by atoms with Crippen LogP contribution in [0.2, 0.25) is 0 Å². The Labute approximate surface area is 368 Å². The molecule has 315 valence electrons. The molecule has 6 rings (SSSR count). The van der Waals surface area contributed by atoms with Crippen LogP contribution in [0.5, 0.6) is 0 Å². The molecule has 0 saturated carbocycles. The first-order valence-corrected chi connectivity index (χ1v) is 21.8. The number of pyridine rings is 1. The third kappa shape index (κ3) is 10.9. The SMILES string of the molecule is CC(C)c1cc(C(C)C)c(-c2ccc(-c3cc4ccnc(-c5[c-]c6ccccc6c(C(C)C)c5)c4o3)cc2)c(C(C)C)c1.CCC(CC)C(=O)/C=C(\O)C(CC)CC.[Ir]. The molecule has 1 N–H and O–H groups in total. The molecule has 4 nitrogen and oxygen atoms in total. The minimum absolute atomic E-state index is 0. The summed E-state index contributed by atoms with van der Waals surface area (Å²) in [5, 5.41) is 13.2. The van der Waals surface area contributed by atoms with E-state index in [-0.39, 0.29) is 43.5 Å². The fraction of sp³-hybridized carbons (Fsp3) is 0.407. The van der Waals surface area contributed by atoms with E-state index in [1.807, 2.05) is 40.0 Å². The van der Waals surface area contributed by atoms with Crippen molar-refractivity contribution in [2.45, 2.75) is 132 Å². The van der Waals surface area contributed by atoms with Gasteiger partial charge < -0.3 is 9.52 Å². The number of aromatic nitrogens is 1. The number of ketones is 1. The second kappa shape index (κ2) is 21.3. The third-order valence-electron chi connectivity index (χ3n) is 11.8. The van der Waals surface area contributed by atoms with Crippen LogP contribution in [0.4, 0.5) is 0 Å². The molecule has 0 unspecified atom stereocenters. The number of rotatable bonds is 14. The zero-order valence-electron chi connectivity index (χ0n) is 37.5. The molecule has 6 aromatic rings. The van der Waals surface area contributed by atoms with Gasteiger partial charge in [-0.2, -0.15) is 0 Å². The van der Waals surface area contributed by atoms with Crippen molar-refractivity contribution in [3.8, 4) is 33.7 Å². The molecule has 0 aliphatic carbocycles. The molecule has 0 saturated heterocycles. The summed E-state index contributed by atoms with van der Waals surface area (Å²) in [4.78, 5) is 16.5. The van der Waals surface area contributed by atoms with E-state index in [2.05, 4.69) is 134 Å². The number of allylic oxidation sites excluding steroid dienone is 2. The summed E-state index contributed by atoms with van der Waals surface area (Å²) in [6.45, 7) is 26.3. The van der Waals surface area contributed by atoms with E-state index in [4.69, 9.17) is 9.40 Å². The Balaban J connectivity index is 0.000000411. The Kier molecular flexibility index (Phi) is 17.1. The normalized spacial score (nSPS) is 12.0. The maximum Gasteiger partial charge on any atom is 0.162 e. The Hall–Kier alpha value is -4.31. The summed E-state index contributed by atoms with van der Waals surface area (Å²) < 4.78 is 6.58. The molecule has 0 aliphatic heterocycles. The standard InChI is InChI=1S/C41H42NO.C13H24O2.Ir/c1-24(2)32-20-36(26(5)6)39(37(21-32)27(7)8)29-15-13-28(14-16-29)38-23-31-17-18-42-40(41(31)43-38)33-19-30-11-9-10-12-34(30)35(22-33)25(3)4;1-5-10(6-2)12(14)9-13(15)11(7-3)8-4;/h9-18,20-27H,1-8H3;9-11,14H,5-8H2,1-4H3;/q-1;;/b;12-9-;. The summed E-state index contributed by atoms with van der Waals surface area (Å²) in [5.74, 6) is 3.17. The molecule has 2 aromatic heterocycles. The molecule has 1 radical (unpaired) electrons. The number of benzene rings is 4. The van der Waals surface area contributed by atoms with E-state index in [1.165, 1.54) is 44.8 Å². The van der Waals surface area contributed by atoms with Gasteiger partial charge in [-0.1, -0.05) is 149 Å². The Bertz CT molecular complexity index is 2310. The van der Waals surface area contributed by atoms with E-state index < -0.39 is 0 Å². The Morgan fingerprint density at radius 1 is 0.695 bits per heavy atom. The molecular weight excluding hydrogens is 903 g/mol. The Morgan fingerprint density at radius 2 is 1.25 bits per heavy atom. The largest absolute Gasteiger partial charge is 0.512 e. The van der Waals surface area contributed by atoms with Gasteiger partial charge in [0.2, 0.25) is 0 Å². The van der Waals surface area contributed by atoms with Gasteiger partial charge in [-0.15, -0.1) is 29.1 Å². The molecule has 0 spiro atoms. The second-order valence-corrected chi connectivity index (χ2v) is 17.1. The number of hydrogen-bond donors (Lipinski definition) is 1. The Morgan fingerprint density at radius 3 is 1.80 bits per heavy atom. The van der Waals surface area contributed by atoms with E-state index in [1.54, 1.807) is 0 Å². The quantitative estimate of drug-likeness (QED) is 0.0671. The van der Waals surface area contributed by atoms with Crippen LogP contribution in [0.15, 0.2) is 101 Å². The predicted octanol–water partition coefficient (Wildman–Crippen LogP) is 16.1. The van der Waals surface area contributed by atoms with Crippen LogP contribution in [-0.4, -0.2) is 15.9 Å². The summed E-state index contributed by atoms with van der Waals surface area (Å²) in [5.41, 5.74) is 11.9. The number of aliphatic hydroxyl groups is 1. The van der Waals surface area contributed by atoms with Crippen molar-refractivity contribution in [1.29, 1.82) is 0 Å². The van der Waals surface area contributed by atoms with Crippen LogP contribution < -0.4 is 0 Å². The number of carbonyl (C=O) groups excluding carboxylic acids is 1. The smallest absolute Gasteiger partial charge is 0.162 e.